The van der Waals surface area contributed by atoms with Crippen molar-refractivity contribution in [1.29, 1.82) is 0 Å². The van der Waals surface area contributed by atoms with E-state index in [1.807, 2.05) is 0 Å². The first-order valence-corrected chi connectivity index (χ1v) is 6.88. The summed E-state index contributed by atoms with van der Waals surface area (Å²) in [7, 11) is 0. The van der Waals surface area contributed by atoms with Gasteiger partial charge in [-0.3, -0.25) is 4.79 Å². The highest BCUT2D eigenvalue weighted by Crippen LogP contribution is 2.15. The Hall–Kier alpha value is -1.83. The molecule has 8 nitrogen and oxygen atoms in total. The van der Waals surface area contributed by atoms with Gasteiger partial charge in [-0.2, -0.15) is 0 Å². The molecule has 1 aliphatic rings. The van der Waals surface area contributed by atoms with E-state index >= 15 is 0 Å². The highest BCUT2D eigenvalue weighted by Gasteiger charge is 2.28. The standard InChI is InChI=1S/C13H23N3O5/c1-13(2,7-10(14)17)15-12(20)16-5-3-9(4-6-16)21-8-11(18)19/h9H,3-8H2,1-2H3,(H2,14,17)(H,15,20)(H,18,19). The Bertz CT molecular complexity index is 403. The van der Waals surface area contributed by atoms with E-state index < -0.39 is 17.4 Å². The van der Waals surface area contributed by atoms with Crippen LogP contribution >= 0.6 is 0 Å². The van der Waals surface area contributed by atoms with Gasteiger partial charge in [0, 0.05) is 25.0 Å². The number of hydrogen-bond acceptors (Lipinski definition) is 4. The first-order chi connectivity index (χ1) is 9.69. The van der Waals surface area contributed by atoms with Crippen LogP contribution in [0.1, 0.15) is 33.1 Å². The van der Waals surface area contributed by atoms with E-state index in [4.69, 9.17) is 15.6 Å². The minimum absolute atomic E-state index is 0.0664. The SMILES string of the molecule is CC(C)(CC(N)=O)NC(=O)N1CCC(OCC(=O)O)CC1. The predicted molar refractivity (Wildman–Crippen MR) is 74.6 cm³/mol. The number of carbonyl (C=O) groups excluding carboxylic acids is 2. The number of urea groups is 1. The number of carbonyl (C=O) groups is 3. The summed E-state index contributed by atoms with van der Waals surface area (Å²) in [6.07, 6.45) is 1.12. The van der Waals surface area contributed by atoms with Gasteiger partial charge >= 0.3 is 12.0 Å². The third kappa shape index (κ3) is 6.44. The normalized spacial score (nSPS) is 16.6. The Labute approximate surface area is 123 Å². The molecular formula is C13H23N3O5. The van der Waals surface area contributed by atoms with E-state index in [-0.39, 0.29) is 25.2 Å². The molecule has 0 aromatic heterocycles. The van der Waals surface area contributed by atoms with E-state index in [9.17, 15) is 14.4 Å². The van der Waals surface area contributed by atoms with Crippen molar-refractivity contribution in [2.24, 2.45) is 5.73 Å². The fourth-order valence-corrected chi connectivity index (χ4v) is 2.26. The third-order valence-electron chi connectivity index (χ3n) is 3.23. The van der Waals surface area contributed by atoms with Crippen LogP contribution in [0.5, 0.6) is 0 Å². The smallest absolute Gasteiger partial charge is 0.329 e. The lowest BCUT2D eigenvalue weighted by Gasteiger charge is -2.34. The molecule has 0 saturated carbocycles. The zero-order chi connectivity index (χ0) is 16.0. The quantitative estimate of drug-likeness (QED) is 0.633. The van der Waals surface area contributed by atoms with Crippen molar-refractivity contribution in [3.05, 3.63) is 0 Å². The predicted octanol–water partition coefficient (Wildman–Crippen LogP) is -0.0844. The van der Waals surface area contributed by atoms with E-state index in [0.29, 0.717) is 25.9 Å². The van der Waals surface area contributed by atoms with Gasteiger partial charge < -0.3 is 25.8 Å². The van der Waals surface area contributed by atoms with E-state index in [1.54, 1.807) is 18.7 Å². The highest BCUT2D eigenvalue weighted by atomic mass is 16.5. The number of aliphatic carboxylic acids is 1. The third-order valence-corrected chi connectivity index (χ3v) is 3.23. The van der Waals surface area contributed by atoms with Crippen LogP contribution in [0.2, 0.25) is 0 Å². The minimum Gasteiger partial charge on any atom is -0.480 e. The number of likely N-dealkylation sites (tertiary alicyclic amines) is 1. The molecule has 120 valence electrons. The van der Waals surface area contributed by atoms with Crippen LogP contribution in [-0.2, 0) is 14.3 Å². The van der Waals surface area contributed by atoms with Gasteiger partial charge in [0.05, 0.1) is 6.10 Å². The molecule has 1 saturated heterocycles. The maximum absolute atomic E-state index is 12.1. The number of rotatable bonds is 6. The Morgan fingerprint density at radius 2 is 1.90 bits per heavy atom. The first kappa shape index (κ1) is 17.2. The summed E-state index contributed by atoms with van der Waals surface area (Å²) in [6.45, 7) is 4.13. The topological polar surface area (TPSA) is 122 Å². The average molecular weight is 301 g/mol. The Morgan fingerprint density at radius 1 is 1.33 bits per heavy atom. The van der Waals surface area contributed by atoms with Crippen LogP contribution in [0.3, 0.4) is 0 Å². The molecule has 0 spiro atoms. The number of nitrogens with two attached hydrogens (primary N) is 1. The van der Waals surface area contributed by atoms with Crippen LogP contribution in [0.4, 0.5) is 4.79 Å². The number of nitrogens with one attached hydrogen (secondary N) is 1. The molecule has 0 atom stereocenters. The summed E-state index contributed by atoms with van der Waals surface area (Å²) in [4.78, 5) is 35.1. The van der Waals surface area contributed by atoms with E-state index in [2.05, 4.69) is 5.32 Å². The second kappa shape index (κ2) is 7.26. The Kier molecular flexibility index (Phi) is 5.95. The molecule has 8 heteroatoms. The van der Waals surface area contributed by atoms with Crippen molar-refractivity contribution in [1.82, 2.24) is 10.2 Å². The Balaban J connectivity index is 2.38. The number of ether oxygens (including phenoxy) is 1. The van der Waals surface area contributed by atoms with Gasteiger partial charge in [-0.15, -0.1) is 0 Å². The molecule has 0 radical (unpaired) electrons. The molecule has 0 bridgehead atoms. The van der Waals surface area contributed by atoms with Crippen molar-refractivity contribution >= 4 is 17.9 Å². The molecule has 1 rings (SSSR count). The van der Waals surface area contributed by atoms with Crippen molar-refractivity contribution in [2.45, 2.75) is 44.8 Å². The molecule has 3 amide bonds. The lowest BCUT2D eigenvalue weighted by molar-refractivity contribution is -0.145. The maximum atomic E-state index is 12.1. The highest BCUT2D eigenvalue weighted by molar-refractivity contribution is 5.78. The second-order valence-electron chi connectivity index (χ2n) is 5.85. The lowest BCUT2D eigenvalue weighted by Crippen LogP contribution is -2.53. The van der Waals surface area contributed by atoms with Crippen LogP contribution in [-0.4, -0.2) is 59.3 Å². The Morgan fingerprint density at radius 3 is 2.38 bits per heavy atom. The van der Waals surface area contributed by atoms with Crippen LogP contribution in [0.25, 0.3) is 0 Å². The zero-order valence-electron chi connectivity index (χ0n) is 12.4. The molecule has 0 aromatic carbocycles. The number of hydrogen-bond donors (Lipinski definition) is 3. The minimum atomic E-state index is -0.997. The second-order valence-corrected chi connectivity index (χ2v) is 5.85. The van der Waals surface area contributed by atoms with Gasteiger partial charge in [-0.1, -0.05) is 0 Å². The largest absolute Gasteiger partial charge is 0.480 e. The molecule has 1 aliphatic heterocycles. The number of carboxylic acid groups (broad SMARTS) is 1. The molecule has 0 unspecified atom stereocenters. The summed E-state index contributed by atoms with van der Waals surface area (Å²) in [6, 6.07) is -0.252. The van der Waals surface area contributed by atoms with E-state index in [0.717, 1.165) is 0 Å². The number of nitrogens with zero attached hydrogens (tertiary/aromatic N) is 1. The molecule has 1 fully saturated rings. The zero-order valence-corrected chi connectivity index (χ0v) is 12.4. The first-order valence-electron chi connectivity index (χ1n) is 6.88. The summed E-state index contributed by atoms with van der Waals surface area (Å²) in [5.74, 6) is -1.47. The van der Waals surface area contributed by atoms with Crippen LogP contribution in [0.15, 0.2) is 0 Å². The monoisotopic (exact) mass is 301 g/mol. The summed E-state index contributed by atoms with van der Waals surface area (Å²) in [5.41, 5.74) is 4.45. The number of piperidine rings is 1. The summed E-state index contributed by atoms with van der Waals surface area (Å²) in [5, 5.41) is 11.3. The summed E-state index contributed by atoms with van der Waals surface area (Å²) < 4.78 is 5.21. The van der Waals surface area contributed by atoms with Gasteiger partial charge in [-0.05, 0) is 26.7 Å². The van der Waals surface area contributed by atoms with Crippen LogP contribution < -0.4 is 11.1 Å². The molecular weight excluding hydrogens is 278 g/mol. The lowest BCUT2D eigenvalue weighted by atomic mass is 10.0. The average Bonchev–Trinajstić information content (AvgIpc) is 2.34. The van der Waals surface area contributed by atoms with Crippen molar-refractivity contribution in [3.63, 3.8) is 0 Å². The van der Waals surface area contributed by atoms with Gasteiger partial charge in [0.1, 0.15) is 6.61 Å². The fourth-order valence-electron chi connectivity index (χ4n) is 2.26. The summed E-state index contributed by atoms with van der Waals surface area (Å²) >= 11 is 0. The number of amides is 3. The molecule has 4 N–H and O–H groups in total. The number of carboxylic acids is 1. The van der Waals surface area contributed by atoms with Gasteiger partial charge in [0.25, 0.3) is 0 Å². The van der Waals surface area contributed by atoms with Crippen LogP contribution in [0, 0.1) is 0 Å². The maximum Gasteiger partial charge on any atom is 0.329 e. The van der Waals surface area contributed by atoms with Gasteiger partial charge in [-0.25, -0.2) is 9.59 Å². The van der Waals surface area contributed by atoms with Gasteiger partial charge in [0.15, 0.2) is 0 Å². The van der Waals surface area contributed by atoms with Crippen molar-refractivity contribution in [2.75, 3.05) is 19.7 Å². The molecule has 1 heterocycles. The molecule has 21 heavy (non-hydrogen) atoms. The van der Waals surface area contributed by atoms with E-state index in [1.165, 1.54) is 0 Å². The van der Waals surface area contributed by atoms with Crippen molar-refractivity contribution < 1.29 is 24.2 Å². The van der Waals surface area contributed by atoms with Gasteiger partial charge in [0.2, 0.25) is 5.91 Å². The number of primary amides is 1. The van der Waals surface area contributed by atoms with Crippen molar-refractivity contribution in [3.8, 4) is 0 Å². The molecule has 0 aliphatic carbocycles. The fraction of sp³-hybridized carbons (Fsp3) is 0.769. The molecule has 0 aromatic rings.